The smallest absolute Gasteiger partial charge is 0.272 e. The number of ether oxygens (including phenoxy) is 2. The summed E-state index contributed by atoms with van der Waals surface area (Å²) in [5.41, 5.74) is 0.0787. The van der Waals surface area contributed by atoms with Crippen molar-refractivity contribution in [1.29, 1.82) is 0 Å². The number of likely N-dealkylation sites (tertiary alicyclic amines) is 1. The molecule has 1 aromatic heterocycles. The zero-order chi connectivity index (χ0) is 24.1. The summed E-state index contributed by atoms with van der Waals surface area (Å²) in [6.45, 7) is 7.74. The van der Waals surface area contributed by atoms with Gasteiger partial charge in [-0.3, -0.25) is 14.3 Å². The Hall–Kier alpha value is -2.58. The molecule has 0 radical (unpaired) electrons. The maximum absolute atomic E-state index is 13.5. The first-order valence-electron chi connectivity index (χ1n) is 11.9. The number of halogens is 1. The van der Waals surface area contributed by atoms with E-state index in [4.69, 9.17) is 21.1 Å². The van der Waals surface area contributed by atoms with Crippen molar-refractivity contribution in [1.82, 2.24) is 19.6 Å². The third-order valence-electron chi connectivity index (χ3n) is 6.56. The third kappa shape index (κ3) is 5.73. The van der Waals surface area contributed by atoms with Crippen molar-refractivity contribution >= 4 is 23.4 Å². The number of piperidine rings is 1. The molecule has 3 heterocycles. The lowest BCUT2D eigenvalue weighted by Crippen LogP contribution is -2.52. The van der Waals surface area contributed by atoms with Gasteiger partial charge in [-0.25, -0.2) is 0 Å². The third-order valence-corrected chi connectivity index (χ3v) is 6.79. The van der Waals surface area contributed by atoms with Gasteiger partial charge in [-0.1, -0.05) is 17.7 Å². The molecule has 184 valence electrons. The SMILES string of the molecule is CC(C)n1nccc1C(=O)N1CCC[C@](COc2cccc(Cl)c2)(CC(=O)N2CCOCC2)C1. The Balaban J connectivity index is 1.55. The van der Waals surface area contributed by atoms with E-state index in [1.165, 1.54) is 0 Å². The van der Waals surface area contributed by atoms with Gasteiger partial charge >= 0.3 is 0 Å². The van der Waals surface area contributed by atoms with Gasteiger partial charge < -0.3 is 19.3 Å². The van der Waals surface area contributed by atoms with E-state index in [0.29, 0.717) is 68.9 Å². The molecule has 2 aliphatic heterocycles. The molecule has 0 aliphatic carbocycles. The van der Waals surface area contributed by atoms with Crippen molar-refractivity contribution in [3.8, 4) is 5.75 Å². The van der Waals surface area contributed by atoms with Crippen LogP contribution in [0.25, 0.3) is 0 Å². The molecule has 34 heavy (non-hydrogen) atoms. The van der Waals surface area contributed by atoms with E-state index in [1.54, 1.807) is 29.1 Å². The lowest BCUT2D eigenvalue weighted by atomic mass is 9.77. The lowest BCUT2D eigenvalue weighted by Gasteiger charge is -2.43. The molecular formula is C25H33ClN4O4. The number of hydrogen-bond donors (Lipinski definition) is 0. The number of carbonyl (C=O) groups excluding carboxylic acids is 2. The lowest BCUT2D eigenvalue weighted by molar-refractivity contribution is -0.139. The largest absolute Gasteiger partial charge is 0.493 e. The number of rotatable bonds is 7. The topological polar surface area (TPSA) is 76.9 Å². The second kappa shape index (κ2) is 10.8. The highest BCUT2D eigenvalue weighted by Crippen LogP contribution is 2.36. The van der Waals surface area contributed by atoms with E-state index < -0.39 is 5.41 Å². The summed E-state index contributed by atoms with van der Waals surface area (Å²) in [5, 5.41) is 4.92. The van der Waals surface area contributed by atoms with Crippen LogP contribution in [0.2, 0.25) is 5.02 Å². The first-order valence-corrected chi connectivity index (χ1v) is 12.3. The van der Waals surface area contributed by atoms with Gasteiger partial charge in [-0.2, -0.15) is 5.10 Å². The highest BCUT2D eigenvalue weighted by molar-refractivity contribution is 6.30. The summed E-state index contributed by atoms with van der Waals surface area (Å²) < 4.78 is 13.3. The molecule has 0 spiro atoms. The fraction of sp³-hybridized carbons (Fsp3) is 0.560. The molecule has 1 atom stereocenters. The predicted molar refractivity (Wildman–Crippen MR) is 129 cm³/mol. The molecule has 2 amide bonds. The Labute approximate surface area is 205 Å². The van der Waals surface area contributed by atoms with Crippen molar-refractivity contribution in [2.45, 2.75) is 39.2 Å². The minimum Gasteiger partial charge on any atom is -0.493 e. The normalized spacial score (nSPS) is 21.1. The molecule has 8 nitrogen and oxygen atoms in total. The number of amides is 2. The Bertz CT molecular complexity index is 1000. The van der Waals surface area contributed by atoms with Crippen molar-refractivity contribution < 1.29 is 19.1 Å². The van der Waals surface area contributed by atoms with Crippen LogP contribution in [0.15, 0.2) is 36.5 Å². The summed E-state index contributed by atoms with van der Waals surface area (Å²) in [6.07, 6.45) is 3.59. The number of benzene rings is 1. The Kier molecular flexibility index (Phi) is 7.78. The zero-order valence-electron chi connectivity index (χ0n) is 19.9. The standard InChI is InChI=1S/C25H33ClN4O4/c1-19(2)30-22(7-9-27-30)24(32)29-10-4-8-25(17-29,16-23(31)28-11-13-33-14-12-28)18-34-21-6-3-5-20(26)15-21/h3,5-7,9,15,19H,4,8,10-14,16-18H2,1-2H3/t25-/m0/s1. The molecule has 0 saturated carbocycles. The maximum Gasteiger partial charge on any atom is 0.272 e. The van der Waals surface area contributed by atoms with Gasteiger partial charge in [0.25, 0.3) is 5.91 Å². The van der Waals surface area contributed by atoms with Gasteiger partial charge in [-0.05, 0) is 51.0 Å². The predicted octanol–water partition coefficient (Wildman–Crippen LogP) is 3.67. The van der Waals surface area contributed by atoms with Gasteiger partial charge in [0.2, 0.25) is 5.91 Å². The molecule has 0 bridgehead atoms. The van der Waals surface area contributed by atoms with Gasteiger partial charge in [0.15, 0.2) is 0 Å². The van der Waals surface area contributed by atoms with Crippen LogP contribution >= 0.6 is 11.6 Å². The fourth-order valence-electron chi connectivity index (χ4n) is 4.79. The molecule has 9 heteroatoms. The molecule has 4 rings (SSSR count). The monoisotopic (exact) mass is 488 g/mol. The summed E-state index contributed by atoms with van der Waals surface area (Å²) in [6, 6.07) is 9.11. The highest BCUT2D eigenvalue weighted by Gasteiger charge is 2.41. The van der Waals surface area contributed by atoms with E-state index in [2.05, 4.69) is 5.10 Å². The number of carbonyl (C=O) groups is 2. The van der Waals surface area contributed by atoms with Crippen molar-refractivity contribution in [3.63, 3.8) is 0 Å². The molecule has 2 aliphatic rings. The number of morpholine rings is 1. The fourth-order valence-corrected chi connectivity index (χ4v) is 4.97. The van der Waals surface area contributed by atoms with Crippen LogP contribution in [0.5, 0.6) is 5.75 Å². The summed E-state index contributed by atoms with van der Waals surface area (Å²) in [7, 11) is 0. The number of aromatic nitrogens is 2. The Morgan fingerprint density at radius 1 is 1.18 bits per heavy atom. The van der Waals surface area contributed by atoms with Crippen LogP contribution in [-0.4, -0.2) is 77.4 Å². The molecular weight excluding hydrogens is 456 g/mol. The van der Waals surface area contributed by atoms with Crippen LogP contribution in [0, 0.1) is 5.41 Å². The van der Waals surface area contributed by atoms with Gasteiger partial charge in [0.1, 0.15) is 11.4 Å². The van der Waals surface area contributed by atoms with E-state index in [-0.39, 0.29) is 17.9 Å². The van der Waals surface area contributed by atoms with E-state index in [1.807, 2.05) is 35.8 Å². The van der Waals surface area contributed by atoms with E-state index in [0.717, 1.165) is 12.8 Å². The zero-order valence-corrected chi connectivity index (χ0v) is 20.7. The first-order chi connectivity index (χ1) is 16.4. The summed E-state index contributed by atoms with van der Waals surface area (Å²) in [5.74, 6) is 0.684. The minimum atomic E-state index is -0.492. The van der Waals surface area contributed by atoms with Gasteiger partial charge in [0, 0.05) is 55.3 Å². The van der Waals surface area contributed by atoms with Crippen LogP contribution in [-0.2, 0) is 9.53 Å². The first kappa shape index (κ1) is 24.5. The van der Waals surface area contributed by atoms with Gasteiger partial charge in [0.05, 0.1) is 19.8 Å². The van der Waals surface area contributed by atoms with E-state index >= 15 is 0 Å². The second-order valence-electron chi connectivity index (χ2n) is 9.50. The molecule has 0 N–H and O–H groups in total. The van der Waals surface area contributed by atoms with Crippen molar-refractivity contribution in [2.24, 2.45) is 5.41 Å². The Morgan fingerprint density at radius 2 is 1.97 bits per heavy atom. The minimum absolute atomic E-state index is 0.0585. The molecule has 2 saturated heterocycles. The second-order valence-corrected chi connectivity index (χ2v) is 9.94. The van der Waals surface area contributed by atoms with E-state index in [9.17, 15) is 9.59 Å². The molecule has 2 aromatic rings. The number of hydrogen-bond acceptors (Lipinski definition) is 5. The number of nitrogens with zero attached hydrogens (tertiary/aromatic N) is 4. The van der Waals surface area contributed by atoms with Gasteiger partial charge in [-0.15, -0.1) is 0 Å². The molecule has 1 aromatic carbocycles. The van der Waals surface area contributed by atoms with Crippen LogP contribution in [0.4, 0.5) is 0 Å². The average Bonchev–Trinajstić information content (AvgIpc) is 3.34. The average molecular weight is 489 g/mol. The molecule has 2 fully saturated rings. The highest BCUT2D eigenvalue weighted by atomic mass is 35.5. The summed E-state index contributed by atoms with van der Waals surface area (Å²) in [4.78, 5) is 30.5. The van der Waals surface area contributed by atoms with Crippen molar-refractivity contribution in [2.75, 3.05) is 46.0 Å². The molecule has 0 unspecified atom stereocenters. The van der Waals surface area contributed by atoms with Crippen molar-refractivity contribution in [3.05, 3.63) is 47.2 Å². The maximum atomic E-state index is 13.5. The van der Waals surface area contributed by atoms with Crippen LogP contribution in [0.3, 0.4) is 0 Å². The summed E-state index contributed by atoms with van der Waals surface area (Å²) >= 11 is 6.14. The van der Waals surface area contributed by atoms with Crippen LogP contribution < -0.4 is 4.74 Å². The Morgan fingerprint density at radius 3 is 2.71 bits per heavy atom. The quantitative estimate of drug-likeness (QED) is 0.594. The van der Waals surface area contributed by atoms with Crippen LogP contribution in [0.1, 0.15) is 49.6 Å².